The van der Waals surface area contributed by atoms with Crippen molar-refractivity contribution in [2.75, 3.05) is 46.2 Å². The molecule has 0 saturated carbocycles. The average Bonchev–Trinajstić information content (AvgIpc) is 3.35. The summed E-state index contributed by atoms with van der Waals surface area (Å²) in [6.07, 6.45) is 0.899. The van der Waals surface area contributed by atoms with Crippen LogP contribution in [0.4, 0.5) is 5.69 Å². The Morgan fingerprint density at radius 3 is 2.39 bits per heavy atom. The third-order valence-corrected chi connectivity index (χ3v) is 8.44. The Morgan fingerprint density at radius 2 is 1.57 bits per heavy atom. The van der Waals surface area contributed by atoms with E-state index < -0.39 is 0 Å². The van der Waals surface area contributed by atoms with Crippen LogP contribution in [0.3, 0.4) is 0 Å². The molecule has 5 aromatic rings. The number of anilines is 1. The van der Waals surface area contributed by atoms with Gasteiger partial charge in [-0.25, -0.2) is 0 Å². The number of amides is 2. The third kappa shape index (κ3) is 5.58. The van der Waals surface area contributed by atoms with Crippen molar-refractivity contribution in [1.29, 1.82) is 0 Å². The molecular formula is C37H38N4O3. The summed E-state index contributed by atoms with van der Waals surface area (Å²) in [4.78, 5) is 33.5. The molecule has 1 aliphatic heterocycles. The van der Waals surface area contributed by atoms with Gasteiger partial charge in [0, 0.05) is 36.1 Å². The minimum atomic E-state index is -0.122. The lowest BCUT2D eigenvalue weighted by Crippen LogP contribution is -2.32. The van der Waals surface area contributed by atoms with Gasteiger partial charge in [-0.2, -0.15) is 0 Å². The number of rotatable bonds is 8. The van der Waals surface area contributed by atoms with Gasteiger partial charge in [-0.15, -0.1) is 0 Å². The van der Waals surface area contributed by atoms with E-state index in [2.05, 4.69) is 33.7 Å². The van der Waals surface area contributed by atoms with Gasteiger partial charge in [-0.3, -0.25) is 9.59 Å². The number of carbonyl (C=O) groups is 2. The van der Waals surface area contributed by atoms with Crippen LogP contribution < -0.4 is 9.64 Å². The number of methoxy groups -OCH3 is 1. The first-order valence-corrected chi connectivity index (χ1v) is 15.0. The van der Waals surface area contributed by atoms with Crippen molar-refractivity contribution in [3.63, 3.8) is 0 Å². The molecule has 7 nitrogen and oxygen atoms in total. The highest BCUT2D eigenvalue weighted by molar-refractivity contribution is 6.08. The molecule has 2 amide bonds. The van der Waals surface area contributed by atoms with Crippen LogP contribution in [0.5, 0.6) is 5.75 Å². The Bertz CT molecular complexity index is 1830. The number of hydrogen-bond donors (Lipinski definition) is 0. The monoisotopic (exact) mass is 586 g/mol. The summed E-state index contributed by atoms with van der Waals surface area (Å²) in [6.45, 7) is 2.45. The second-order valence-electron chi connectivity index (χ2n) is 11.6. The number of carbonyl (C=O) groups excluding carboxylic acids is 2. The Kier molecular flexibility index (Phi) is 8.22. The Balaban J connectivity index is 1.33. The molecule has 0 aliphatic carbocycles. The summed E-state index contributed by atoms with van der Waals surface area (Å²) in [6, 6.07) is 32.0. The van der Waals surface area contributed by atoms with Crippen LogP contribution in [-0.2, 0) is 13.1 Å². The van der Waals surface area contributed by atoms with E-state index in [1.54, 1.807) is 12.0 Å². The topological polar surface area (TPSA) is 58.0 Å². The predicted octanol–water partition coefficient (Wildman–Crippen LogP) is 6.55. The van der Waals surface area contributed by atoms with E-state index in [1.807, 2.05) is 98.8 Å². The fourth-order valence-electron chi connectivity index (χ4n) is 6.11. The summed E-state index contributed by atoms with van der Waals surface area (Å²) in [7, 11) is 7.57. The quantitative estimate of drug-likeness (QED) is 0.207. The molecule has 0 bridgehead atoms. The van der Waals surface area contributed by atoms with Crippen LogP contribution in [0.2, 0.25) is 0 Å². The smallest absolute Gasteiger partial charge is 0.270 e. The van der Waals surface area contributed by atoms with Gasteiger partial charge in [0.05, 0.1) is 20.2 Å². The highest BCUT2D eigenvalue weighted by Gasteiger charge is 2.28. The Hall–Kier alpha value is -4.88. The van der Waals surface area contributed by atoms with Crippen molar-refractivity contribution < 1.29 is 14.3 Å². The van der Waals surface area contributed by atoms with Crippen LogP contribution in [0.1, 0.15) is 38.5 Å². The van der Waals surface area contributed by atoms with E-state index >= 15 is 0 Å². The SMILES string of the molecule is COc1cc(C(=O)N2Cc3ccc(C(=O)N(C)CCCN(C)C)n3Cc3ccccc32)ccc1-c1cccc2ccccc12. The van der Waals surface area contributed by atoms with E-state index in [9.17, 15) is 9.59 Å². The van der Waals surface area contributed by atoms with E-state index in [4.69, 9.17) is 4.74 Å². The van der Waals surface area contributed by atoms with Gasteiger partial charge in [0.1, 0.15) is 11.4 Å². The molecule has 6 rings (SSSR count). The van der Waals surface area contributed by atoms with Gasteiger partial charge in [-0.1, -0.05) is 60.7 Å². The van der Waals surface area contributed by atoms with Gasteiger partial charge in [0.2, 0.25) is 0 Å². The fraction of sp³-hybridized carbons (Fsp3) is 0.243. The van der Waals surface area contributed by atoms with Crippen LogP contribution in [0, 0.1) is 0 Å². The first-order chi connectivity index (χ1) is 21.4. The van der Waals surface area contributed by atoms with Gasteiger partial charge in [0.15, 0.2) is 0 Å². The second kappa shape index (κ2) is 12.4. The normalized spacial score (nSPS) is 12.5. The maximum absolute atomic E-state index is 14.3. The zero-order chi connectivity index (χ0) is 30.8. The van der Waals surface area contributed by atoms with Gasteiger partial charge >= 0.3 is 0 Å². The third-order valence-electron chi connectivity index (χ3n) is 8.44. The molecule has 44 heavy (non-hydrogen) atoms. The lowest BCUT2D eigenvalue weighted by atomic mass is 9.96. The lowest BCUT2D eigenvalue weighted by Gasteiger charge is -2.23. The molecule has 1 aromatic heterocycles. The van der Waals surface area contributed by atoms with Gasteiger partial charge in [-0.05, 0) is 85.4 Å². The summed E-state index contributed by atoms with van der Waals surface area (Å²) in [5.41, 5.74) is 5.91. The Labute approximate surface area is 258 Å². The summed E-state index contributed by atoms with van der Waals surface area (Å²) < 4.78 is 7.91. The largest absolute Gasteiger partial charge is 0.496 e. The number of ether oxygens (including phenoxy) is 1. The number of benzene rings is 4. The van der Waals surface area contributed by atoms with Gasteiger partial charge in [0.25, 0.3) is 11.8 Å². The number of fused-ring (bicyclic) bond motifs is 3. The highest BCUT2D eigenvalue weighted by atomic mass is 16.5. The lowest BCUT2D eigenvalue weighted by molar-refractivity contribution is 0.0780. The minimum Gasteiger partial charge on any atom is -0.496 e. The molecule has 1 aliphatic rings. The molecule has 224 valence electrons. The highest BCUT2D eigenvalue weighted by Crippen LogP contribution is 2.37. The van der Waals surface area contributed by atoms with Gasteiger partial charge < -0.3 is 24.0 Å². The molecule has 0 saturated heterocycles. The van der Waals surface area contributed by atoms with E-state index in [0.29, 0.717) is 36.6 Å². The van der Waals surface area contributed by atoms with E-state index in [1.165, 1.54) is 0 Å². The van der Waals surface area contributed by atoms with Crippen molar-refractivity contribution in [3.05, 3.63) is 120 Å². The van der Waals surface area contributed by atoms with Crippen molar-refractivity contribution >= 4 is 28.3 Å². The molecule has 0 spiro atoms. The van der Waals surface area contributed by atoms with Crippen LogP contribution in [-0.4, -0.2) is 67.5 Å². The van der Waals surface area contributed by atoms with Crippen molar-refractivity contribution in [2.24, 2.45) is 0 Å². The van der Waals surface area contributed by atoms with E-state index in [0.717, 1.165) is 51.8 Å². The number of nitrogens with zero attached hydrogens (tertiary/aromatic N) is 4. The van der Waals surface area contributed by atoms with Crippen molar-refractivity contribution in [2.45, 2.75) is 19.5 Å². The summed E-state index contributed by atoms with van der Waals surface area (Å²) in [5, 5.41) is 2.28. The number of hydrogen-bond acceptors (Lipinski definition) is 4. The molecule has 0 atom stereocenters. The fourth-order valence-corrected chi connectivity index (χ4v) is 6.11. The summed E-state index contributed by atoms with van der Waals surface area (Å²) >= 11 is 0. The maximum atomic E-state index is 14.3. The molecule has 2 heterocycles. The van der Waals surface area contributed by atoms with Crippen LogP contribution in [0.25, 0.3) is 21.9 Å². The molecular weight excluding hydrogens is 548 g/mol. The van der Waals surface area contributed by atoms with Crippen molar-refractivity contribution in [1.82, 2.24) is 14.4 Å². The molecule has 0 unspecified atom stereocenters. The zero-order valence-corrected chi connectivity index (χ0v) is 25.8. The van der Waals surface area contributed by atoms with E-state index in [-0.39, 0.29) is 11.8 Å². The van der Waals surface area contributed by atoms with Crippen LogP contribution in [0.15, 0.2) is 97.1 Å². The molecule has 4 aromatic carbocycles. The number of para-hydroxylation sites is 1. The minimum absolute atomic E-state index is 0.0129. The Morgan fingerprint density at radius 1 is 0.795 bits per heavy atom. The van der Waals surface area contributed by atoms with Crippen molar-refractivity contribution in [3.8, 4) is 16.9 Å². The number of aromatic nitrogens is 1. The first-order valence-electron chi connectivity index (χ1n) is 15.0. The second-order valence-corrected chi connectivity index (χ2v) is 11.6. The molecule has 0 N–H and O–H groups in total. The maximum Gasteiger partial charge on any atom is 0.270 e. The molecule has 0 fully saturated rings. The molecule has 0 radical (unpaired) electrons. The first kappa shape index (κ1) is 29.2. The molecule has 7 heteroatoms. The average molecular weight is 587 g/mol. The summed E-state index contributed by atoms with van der Waals surface area (Å²) in [5.74, 6) is 0.508. The standard InChI is InChI=1S/C37H38N4O3/c1-38(2)21-10-22-39(3)37(43)34-20-18-29-25-41(33-16-8-6-12-28(33)24-40(29)34)36(42)27-17-19-32(35(23-27)44-4)31-15-9-13-26-11-5-7-14-30(26)31/h5-9,11-20,23H,10,21-22,24-25H2,1-4H3. The van der Waals surface area contributed by atoms with Crippen LogP contribution >= 0.6 is 0 Å². The predicted molar refractivity (Wildman–Crippen MR) is 177 cm³/mol. The zero-order valence-electron chi connectivity index (χ0n) is 25.8.